The zero-order chi connectivity index (χ0) is 19.0. The molecule has 0 radical (unpaired) electrons. The molecule has 1 unspecified atom stereocenters. The fourth-order valence-corrected chi connectivity index (χ4v) is 3.02. The summed E-state index contributed by atoms with van der Waals surface area (Å²) in [5, 5.41) is 2.78. The second kappa shape index (κ2) is 9.92. The first-order chi connectivity index (χ1) is 12.4. The number of amides is 1. The molecule has 0 spiro atoms. The second-order valence-electron chi connectivity index (χ2n) is 6.18. The van der Waals surface area contributed by atoms with Crippen LogP contribution in [0, 0.1) is 0 Å². The number of phosphoric ester groups is 1. The molecule has 1 aromatic carbocycles. The Labute approximate surface area is 153 Å². The Morgan fingerprint density at radius 2 is 1.96 bits per heavy atom. The summed E-state index contributed by atoms with van der Waals surface area (Å²) in [5.41, 5.74) is 0.627. The zero-order valence-corrected chi connectivity index (χ0v) is 15.7. The van der Waals surface area contributed by atoms with Crippen molar-refractivity contribution in [1.82, 2.24) is 5.32 Å². The van der Waals surface area contributed by atoms with E-state index in [0.717, 1.165) is 32.1 Å². The minimum absolute atomic E-state index is 0.118. The topological polar surface area (TPSA) is 114 Å². The van der Waals surface area contributed by atoms with Gasteiger partial charge in [-0.2, -0.15) is 0 Å². The van der Waals surface area contributed by atoms with Gasteiger partial charge in [0.25, 0.3) is 0 Å². The minimum Gasteiger partial charge on any atom is -0.454 e. The van der Waals surface area contributed by atoms with Crippen LogP contribution in [0.5, 0.6) is 11.5 Å². The molecule has 1 amide bonds. The predicted molar refractivity (Wildman–Crippen MR) is 94.8 cm³/mol. The molecule has 1 aromatic rings. The monoisotopic (exact) mass is 387 g/mol. The number of unbranched alkanes of at least 4 members (excludes halogenated alkanes) is 4. The third-order valence-electron chi connectivity index (χ3n) is 4.05. The average Bonchev–Trinajstić information content (AvgIpc) is 3.05. The van der Waals surface area contributed by atoms with E-state index in [0.29, 0.717) is 23.5 Å². The van der Waals surface area contributed by atoms with Crippen LogP contribution in [0.4, 0.5) is 0 Å². The third-order valence-corrected chi connectivity index (χ3v) is 4.54. The van der Waals surface area contributed by atoms with Gasteiger partial charge < -0.3 is 24.6 Å². The van der Waals surface area contributed by atoms with Crippen molar-refractivity contribution in [1.29, 1.82) is 0 Å². The lowest BCUT2D eigenvalue weighted by Crippen LogP contribution is -2.31. The minimum atomic E-state index is -4.64. The highest BCUT2D eigenvalue weighted by Crippen LogP contribution is 2.38. The number of carbonyl (C=O) groups excluding carboxylic acids is 1. The van der Waals surface area contributed by atoms with Crippen LogP contribution in [-0.4, -0.2) is 29.1 Å². The van der Waals surface area contributed by atoms with E-state index in [4.69, 9.17) is 19.3 Å². The Morgan fingerprint density at radius 1 is 1.23 bits per heavy atom. The summed E-state index contributed by atoms with van der Waals surface area (Å²) in [7, 11) is -4.64. The maximum Gasteiger partial charge on any atom is 0.469 e. The van der Waals surface area contributed by atoms with Gasteiger partial charge in [0, 0.05) is 6.42 Å². The molecule has 0 saturated carbocycles. The van der Waals surface area contributed by atoms with Crippen molar-refractivity contribution in [3.63, 3.8) is 0 Å². The Balaban J connectivity index is 1.97. The van der Waals surface area contributed by atoms with E-state index in [-0.39, 0.29) is 19.3 Å². The molecule has 1 aliphatic heterocycles. The molecule has 0 saturated heterocycles. The summed E-state index contributed by atoms with van der Waals surface area (Å²) >= 11 is 0. The molecule has 1 heterocycles. The molecule has 8 nitrogen and oxygen atoms in total. The number of rotatable bonds is 11. The van der Waals surface area contributed by atoms with Gasteiger partial charge in [-0.1, -0.05) is 38.7 Å². The molecule has 3 N–H and O–H groups in total. The summed E-state index contributed by atoms with van der Waals surface area (Å²) in [4.78, 5) is 30.1. The molecular formula is C17H26NO7P. The van der Waals surface area contributed by atoms with Crippen LogP contribution in [0.15, 0.2) is 18.2 Å². The Hall–Kier alpha value is -1.60. The normalized spacial score (nSPS) is 14.3. The van der Waals surface area contributed by atoms with Crippen molar-refractivity contribution in [2.24, 2.45) is 0 Å². The summed E-state index contributed by atoms with van der Waals surface area (Å²) in [6.45, 7) is 1.90. The Bertz CT molecular complexity index is 646. The summed E-state index contributed by atoms with van der Waals surface area (Å²) in [6.07, 6.45) is 5.50. The van der Waals surface area contributed by atoms with Crippen molar-refractivity contribution in [3.05, 3.63) is 23.8 Å². The zero-order valence-electron chi connectivity index (χ0n) is 14.8. The highest BCUT2D eigenvalue weighted by molar-refractivity contribution is 7.46. The van der Waals surface area contributed by atoms with E-state index >= 15 is 0 Å². The van der Waals surface area contributed by atoms with Crippen molar-refractivity contribution in [3.8, 4) is 11.5 Å². The SMILES string of the molecule is CCCCCCCC(=O)NC(COP(=O)(O)O)c1ccc2c(c1)OCO2. The summed E-state index contributed by atoms with van der Waals surface area (Å²) < 4.78 is 26.2. The van der Waals surface area contributed by atoms with Crippen molar-refractivity contribution >= 4 is 13.7 Å². The van der Waals surface area contributed by atoms with E-state index in [9.17, 15) is 9.36 Å². The van der Waals surface area contributed by atoms with Crippen LogP contribution in [0.25, 0.3) is 0 Å². The molecule has 1 aliphatic rings. The predicted octanol–water partition coefficient (Wildman–Crippen LogP) is 3.04. The smallest absolute Gasteiger partial charge is 0.454 e. The van der Waals surface area contributed by atoms with Crippen molar-refractivity contribution in [2.75, 3.05) is 13.4 Å². The molecule has 1 atom stereocenters. The van der Waals surface area contributed by atoms with Gasteiger partial charge in [-0.25, -0.2) is 4.57 Å². The number of hydrogen-bond acceptors (Lipinski definition) is 5. The molecular weight excluding hydrogens is 361 g/mol. The van der Waals surface area contributed by atoms with Gasteiger partial charge in [0.05, 0.1) is 12.6 Å². The van der Waals surface area contributed by atoms with Crippen LogP contribution in [-0.2, 0) is 13.9 Å². The third kappa shape index (κ3) is 6.96. The Morgan fingerprint density at radius 3 is 2.69 bits per heavy atom. The van der Waals surface area contributed by atoms with E-state index < -0.39 is 13.9 Å². The first kappa shape index (κ1) is 20.7. The quantitative estimate of drug-likeness (QED) is 0.395. The highest BCUT2D eigenvalue weighted by Gasteiger charge is 2.23. The van der Waals surface area contributed by atoms with Crippen LogP contribution < -0.4 is 14.8 Å². The molecule has 2 rings (SSSR count). The number of benzene rings is 1. The van der Waals surface area contributed by atoms with Crippen molar-refractivity contribution in [2.45, 2.75) is 51.5 Å². The summed E-state index contributed by atoms with van der Waals surface area (Å²) in [6, 6.07) is 4.39. The number of hydrogen-bond donors (Lipinski definition) is 3. The molecule has 0 bridgehead atoms. The first-order valence-electron chi connectivity index (χ1n) is 8.78. The van der Waals surface area contributed by atoms with Gasteiger partial charge >= 0.3 is 7.82 Å². The van der Waals surface area contributed by atoms with Crippen LogP contribution in [0.1, 0.15) is 57.1 Å². The second-order valence-corrected chi connectivity index (χ2v) is 7.42. The van der Waals surface area contributed by atoms with Gasteiger partial charge in [0.1, 0.15) is 0 Å². The van der Waals surface area contributed by atoms with Gasteiger partial charge in [-0.3, -0.25) is 9.32 Å². The largest absolute Gasteiger partial charge is 0.469 e. The van der Waals surface area contributed by atoms with Gasteiger partial charge in [0.15, 0.2) is 11.5 Å². The number of ether oxygens (including phenoxy) is 2. The van der Waals surface area contributed by atoms with Crippen LogP contribution in [0.3, 0.4) is 0 Å². The maximum atomic E-state index is 12.2. The molecule has 0 fully saturated rings. The van der Waals surface area contributed by atoms with Gasteiger partial charge in [-0.05, 0) is 24.1 Å². The first-order valence-corrected chi connectivity index (χ1v) is 10.3. The van der Waals surface area contributed by atoms with Gasteiger partial charge in [-0.15, -0.1) is 0 Å². The molecule has 26 heavy (non-hydrogen) atoms. The standard InChI is InChI=1S/C17H26NO7P/c1-2-3-4-5-6-7-17(19)18-14(11-25-26(20,21)22)13-8-9-15-16(10-13)24-12-23-15/h8-10,14H,2-7,11-12H2,1H3,(H,18,19)(H2,20,21,22). The van der Waals surface area contributed by atoms with Crippen molar-refractivity contribution < 1.29 is 33.1 Å². The maximum absolute atomic E-state index is 12.2. The molecule has 0 aromatic heterocycles. The van der Waals surface area contributed by atoms with E-state index in [1.54, 1.807) is 18.2 Å². The van der Waals surface area contributed by atoms with Crippen LogP contribution in [0.2, 0.25) is 0 Å². The molecule has 0 aliphatic carbocycles. The fourth-order valence-electron chi connectivity index (χ4n) is 2.68. The summed E-state index contributed by atoms with van der Waals surface area (Å²) in [5.74, 6) is 0.932. The lowest BCUT2D eigenvalue weighted by atomic mass is 10.1. The average molecular weight is 387 g/mol. The fraction of sp³-hybridized carbons (Fsp3) is 0.588. The molecule has 9 heteroatoms. The number of nitrogens with one attached hydrogen (secondary N) is 1. The van der Waals surface area contributed by atoms with E-state index in [2.05, 4.69) is 16.8 Å². The molecule has 146 valence electrons. The van der Waals surface area contributed by atoms with E-state index in [1.165, 1.54) is 0 Å². The highest BCUT2D eigenvalue weighted by atomic mass is 31.2. The Kier molecular flexibility index (Phi) is 7.90. The van der Waals surface area contributed by atoms with Gasteiger partial charge in [0.2, 0.25) is 12.7 Å². The lowest BCUT2D eigenvalue weighted by Gasteiger charge is -2.20. The number of carbonyl (C=O) groups is 1. The lowest BCUT2D eigenvalue weighted by molar-refractivity contribution is -0.122. The van der Waals surface area contributed by atoms with E-state index in [1.807, 2.05) is 0 Å². The number of phosphoric acid groups is 1. The van der Waals surface area contributed by atoms with Crippen LogP contribution >= 0.6 is 7.82 Å². The number of fused-ring (bicyclic) bond motifs is 1.